The van der Waals surface area contributed by atoms with E-state index in [0.717, 1.165) is 13.8 Å². The molecule has 12 heteroatoms. The van der Waals surface area contributed by atoms with E-state index in [-0.39, 0.29) is 30.6 Å². The molecule has 12 nitrogen and oxygen atoms in total. The van der Waals surface area contributed by atoms with Crippen LogP contribution in [0.4, 0.5) is 0 Å². The first-order valence-electron chi connectivity index (χ1n) is 14.4. The lowest BCUT2D eigenvalue weighted by Crippen LogP contribution is -2.83. The van der Waals surface area contributed by atoms with Gasteiger partial charge < -0.3 is 44.5 Å². The van der Waals surface area contributed by atoms with Crippen molar-refractivity contribution in [1.29, 1.82) is 0 Å². The number of esters is 3. The summed E-state index contributed by atoms with van der Waals surface area (Å²) in [5.74, 6) is -3.88. The average Bonchev–Trinajstić information content (AvgIpc) is 2.93. The van der Waals surface area contributed by atoms with E-state index in [0.29, 0.717) is 5.57 Å². The van der Waals surface area contributed by atoms with Gasteiger partial charge in [-0.25, -0.2) is 4.79 Å². The zero-order valence-corrected chi connectivity index (χ0v) is 24.9. The maximum Gasteiger partial charge on any atom is 0.338 e. The SMILES string of the molecule is CC(=O)OC[C@]12[C@H](O)[C@H](O)C3=C(C)[C@@H](O)C[C@@](O)([C@H](OC(=O)c4ccccc4)[C@@H]1[C@]1(OC(C)=O)CO[C@@H]1C[C@@H]2O)C3(C)C. The largest absolute Gasteiger partial charge is 0.465 e. The average molecular weight is 605 g/mol. The second-order valence-corrected chi connectivity index (χ2v) is 12.9. The number of fused-ring (bicyclic) bond motifs is 5. The molecule has 3 fully saturated rings. The fourth-order valence-electron chi connectivity index (χ4n) is 8.18. The van der Waals surface area contributed by atoms with Crippen LogP contribution in [0, 0.1) is 16.7 Å². The number of aliphatic hydroxyl groups is 5. The minimum Gasteiger partial charge on any atom is -0.465 e. The minimum absolute atomic E-state index is 0.0865. The van der Waals surface area contributed by atoms with Gasteiger partial charge in [0.2, 0.25) is 0 Å². The quantitative estimate of drug-likeness (QED) is 0.177. The Morgan fingerprint density at radius 3 is 2.23 bits per heavy atom. The molecule has 0 amide bonds. The molecule has 1 aromatic rings. The fraction of sp³-hybridized carbons (Fsp3) is 0.645. The Morgan fingerprint density at radius 1 is 1.02 bits per heavy atom. The molecule has 0 unspecified atom stereocenters. The molecule has 4 aliphatic rings. The number of hydrogen-bond donors (Lipinski definition) is 5. The van der Waals surface area contributed by atoms with Gasteiger partial charge in [-0.05, 0) is 30.2 Å². The van der Waals surface area contributed by atoms with Gasteiger partial charge in [-0.3, -0.25) is 9.59 Å². The molecule has 5 N–H and O–H groups in total. The monoisotopic (exact) mass is 604 g/mol. The molecule has 1 aromatic carbocycles. The third kappa shape index (κ3) is 4.45. The number of benzene rings is 1. The van der Waals surface area contributed by atoms with Crippen LogP contribution >= 0.6 is 0 Å². The fourth-order valence-corrected chi connectivity index (χ4v) is 8.18. The molecule has 43 heavy (non-hydrogen) atoms. The Hall–Kier alpha value is -2.87. The van der Waals surface area contributed by atoms with Crippen LogP contribution in [0.3, 0.4) is 0 Å². The zero-order valence-electron chi connectivity index (χ0n) is 24.9. The number of hydrogen-bond acceptors (Lipinski definition) is 12. The molecule has 2 saturated carbocycles. The van der Waals surface area contributed by atoms with Gasteiger partial charge in [-0.1, -0.05) is 32.0 Å². The summed E-state index contributed by atoms with van der Waals surface area (Å²) in [5.41, 5.74) is -6.88. The van der Waals surface area contributed by atoms with Crippen LogP contribution in [-0.4, -0.2) is 104 Å². The summed E-state index contributed by atoms with van der Waals surface area (Å²) in [6, 6.07) is 7.94. The number of carbonyl (C=O) groups is 3. The molecular weight excluding hydrogens is 564 g/mol. The van der Waals surface area contributed by atoms with E-state index in [2.05, 4.69) is 0 Å². The van der Waals surface area contributed by atoms with E-state index in [9.17, 15) is 39.9 Å². The summed E-state index contributed by atoms with van der Waals surface area (Å²) in [7, 11) is 0. The van der Waals surface area contributed by atoms with Crippen molar-refractivity contribution < 1.29 is 58.9 Å². The summed E-state index contributed by atoms with van der Waals surface area (Å²) in [6.45, 7) is 6.10. The topological polar surface area (TPSA) is 189 Å². The summed E-state index contributed by atoms with van der Waals surface area (Å²) in [5, 5.41) is 59.9. The van der Waals surface area contributed by atoms with Crippen molar-refractivity contribution in [2.75, 3.05) is 13.2 Å². The second kappa shape index (κ2) is 10.6. The van der Waals surface area contributed by atoms with E-state index >= 15 is 0 Å². The van der Waals surface area contributed by atoms with Crippen LogP contribution in [0.15, 0.2) is 41.5 Å². The minimum atomic E-state index is -2.18. The first-order chi connectivity index (χ1) is 20.0. The molecule has 3 aliphatic carbocycles. The van der Waals surface area contributed by atoms with Crippen molar-refractivity contribution in [3.05, 3.63) is 47.0 Å². The van der Waals surface area contributed by atoms with E-state index in [4.69, 9.17) is 18.9 Å². The molecule has 236 valence electrons. The highest BCUT2D eigenvalue weighted by Gasteiger charge is 2.79. The van der Waals surface area contributed by atoms with Crippen molar-refractivity contribution >= 4 is 17.9 Å². The maximum atomic E-state index is 13.8. The van der Waals surface area contributed by atoms with Crippen LogP contribution < -0.4 is 0 Å². The molecule has 1 aliphatic heterocycles. The van der Waals surface area contributed by atoms with Crippen molar-refractivity contribution in [3.63, 3.8) is 0 Å². The molecule has 10 atom stereocenters. The first kappa shape index (κ1) is 31.6. The highest BCUT2D eigenvalue weighted by atomic mass is 16.6. The second-order valence-electron chi connectivity index (χ2n) is 12.9. The van der Waals surface area contributed by atoms with Crippen LogP contribution in [0.25, 0.3) is 0 Å². The zero-order chi connectivity index (χ0) is 31.7. The molecular formula is C31H40O12. The summed E-state index contributed by atoms with van der Waals surface area (Å²) >= 11 is 0. The number of ether oxygens (including phenoxy) is 4. The Labute approximate surface area is 249 Å². The molecule has 0 aromatic heterocycles. The van der Waals surface area contributed by atoms with Crippen molar-refractivity contribution in [1.82, 2.24) is 0 Å². The molecule has 2 bridgehead atoms. The molecule has 0 radical (unpaired) electrons. The Bertz CT molecular complexity index is 1330. The lowest BCUT2D eigenvalue weighted by atomic mass is 9.44. The van der Waals surface area contributed by atoms with Gasteiger partial charge in [0, 0.05) is 32.1 Å². The van der Waals surface area contributed by atoms with Crippen molar-refractivity contribution in [2.45, 2.75) is 95.3 Å². The smallest absolute Gasteiger partial charge is 0.338 e. The number of rotatable bonds is 5. The van der Waals surface area contributed by atoms with Gasteiger partial charge in [0.05, 0.1) is 41.8 Å². The molecule has 1 heterocycles. The lowest BCUT2D eigenvalue weighted by molar-refractivity contribution is -0.371. The normalized spacial score (nSPS) is 41.4. The standard InChI is InChI=1S/C31H40O12/c1-15-19(34)12-31(39)26(42-27(38)18-9-7-6-8-10-18)24-29(13-40-16(2)32,25(37)23(36)22(15)28(31,4)5)20(35)11-21-30(24,14-41-21)43-17(3)33/h6-10,19-21,23-26,34-37,39H,11-14H2,1-5H3/t19-,20-,21+,23+,24-,25+,26+,29+,30-,31+/m0/s1. The highest BCUT2D eigenvalue weighted by Crippen LogP contribution is 2.65. The van der Waals surface area contributed by atoms with E-state index in [1.165, 1.54) is 12.1 Å². The first-order valence-corrected chi connectivity index (χ1v) is 14.4. The van der Waals surface area contributed by atoms with Crippen LogP contribution in [0.5, 0.6) is 0 Å². The highest BCUT2D eigenvalue weighted by molar-refractivity contribution is 5.89. The van der Waals surface area contributed by atoms with Gasteiger partial charge >= 0.3 is 17.9 Å². The lowest BCUT2D eigenvalue weighted by Gasteiger charge is -2.69. The predicted octanol–water partition coefficient (Wildman–Crippen LogP) is 0.417. The van der Waals surface area contributed by atoms with Gasteiger partial charge in [0.1, 0.15) is 30.5 Å². The van der Waals surface area contributed by atoms with E-state index in [1.807, 2.05) is 0 Å². The molecule has 5 rings (SSSR count). The van der Waals surface area contributed by atoms with E-state index in [1.54, 1.807) is 39.0 Å². The van der Waals surface area contributed by atoms with Gasteiger partial charge in [0.15, 0.2) is 5.60 Å². The van der Waals surface area contributed by atoms with Crippen molar-refractivity contribution in [2.24, 2.45) is 16.7 Å². The Morgan fingerprint density at radius 2 is 1.67 bits per heavy atom. The van der Waals surface area contributed by atoms with Crippen LogP contribution in [0.1, 0.15) is 57.8 Å². The number of aliphatic hydroxyl groups excluding tert-OH is 4. The summed E-state index contributed by atoms with van der Waals surface area (Å²) in [4.78, 5) is 38.6. The van der Waals surface area contributed by atoms with Gasteiger partial charge in [-0.15, -0.1) is 0 Å². The molecule has 1 saturated heterocycles. The number of carbonyl (C=O) groups excluding carboxylic acids is 3. The van der Waals surface area contributed by atoms with Gasteiger partial charge in [0.25, 0.3) is 0 Å². The van der Waals surface area contributed by atoms with Crippen LogP contribution in [-0.2, 0) is 28.5 Å². The Balaban J connectivity index is 1.85. The summed E-state index contributed by atoms with van der Waals surface area (Å²) in [6.07, 6.45) is -9.82. The van der Waals surface area contributed by atoms with Gasteiger partial charge in [-0.2, -0.15) is 0 Å². The maximum absolute atomic E-state index is 13.8. The molecule has 0 spiro atoms. The third-order valence-corrected chi connectivity index (χ3v) is 10.4. The van der Waals surface area contributed by atoms with Crippen LogP contribution in [0.2, 0.25) is 0 Å². The predicted molar refractivity (Wildman–Crippen MR) is 147 cm³/mol. The third-order valence-electron chi connectivity index (χ3n) is 10.4. The van der Waals surface area contributed by atoms with E-state index < -0.39 is 89.1 Å². The summed E-state index contributed by atoms with van der Waals surface area (Å²) < 4.78 is 23.3. The Kier molecular flexibility index (Phi) is 7.81. The van der Waals surface area contributed by atoms with Crippen molar-refractivity contribution in [3.8, 4) is 0 Å².